The van der Waals surface area contributed by atoms with Crippen molar-refractivity contribution in [2.45, 2.75) is 6.54 Å². The first-order valence-electron chi connectivity index (χ1n) is 6.49. The Morgan fingerprint density at radius 3 is 2.45 bits per heavy atom. The number of anilines is 1. The maximum atomic E-state index is 12.2. The fraction of sp³-hybridized carbons (Fsp3) is 0.125. The summed E-state index contributed by atoms with van der Waals surface area (Å²) >= 11 is 11.8. The molecule has 0 aromatic heterocycles. The fourth-order valence-electron chi connectivity index (χ4n) is 2.45. The Morgan fingerprint density at radius 1 is 1.05 bits per heavy atom. The van der Waals surface area contributed by atoms with Crippen molar-refractivity contribution in [3.05, 3.63) is 57.6 Å². The molecule has 1 aliphatic rings. The number of fused-ring (bicyclic) bond motifs is 1. The smallest absolute Gasteiger partial charge is 0.299 e. The van der Waals surface area contributed by atoms with Crippen molar-refractivity contribution in [2.75, 3.05) is 12.0 Å². The monoisotopic (exact) mass is 335 g/mol. The van der Waals surface area contributed by atoms with Crippen molar-refractivity contribution in [2.24, 2.45) is 0 Å². The number of halogens is 2. The van der Waals surface area contributed by atoms with Gasteiger partial charge in [-0.05, 0) is 30.3 Å². The maximum absolute atomic E-state index is 12.2. The van der Waals surface area contributed by atoms with Gasteiger partial charge in [-0.3, -0.25) is 9.59 Å². The van der Waals surface area contributed by atoms with E-state index in [1.54, 1.807) is 30.3 Å². The van der Waals surface area contributed by atoms with Crippen LogP contribution in [0.5, 0.6) is 5.75 Å². The lowest BCUT2D eigenvalue weighted by Gasteiger charge is -2.18. The van der Waals surface area contributed by atoms with Gasteiger partial charge >= 0.3 is 0 Å². The summed E-state index contributed by atoms with van der Waals surface area (Å²) in [5.41, 5.74) is 1.64. The normalized spacial score (nSPS) is 13.5. The van der Waals surface area contributed by atoms with E-state index < -0.39 is 11.7 Å². The molecule has 1 amide bonds. The molecule has 0 unspecified atom stereocenters. The fourth-order valence-corrected chi connectivity index (χ4v) is 2.78. The minimum Gasteiger partial charge on any atom is -0.496 e. The van der Waals surface area contributed by atoms with Crippen LogP contribution in [0.25, 0.3) is 0 Å². The minimum atomic E-state index is -0.575. The summed E-state index contributed by atoms with van der Waals surface area (Å²) in [4.78, 5) is 25.7. The van der Waals surface area contributed by atoms with Crippen molar-refractivity contribution < 1.29 is 14.3 Å². The lowest BCUT2D eigenvalue weighted by atomic mass is 10.1. The van der Waals surface area contributed by atoms with Crippen LogP contribution in [-0.4, -0.2) is 18.8 Å². The third-order valence-electron chi connectivity index (χ3n) is 3.51. The SMILES string of the molecule is COc1cc(Cl)ccc1CN1C(=O)C(=O)c2cc(Cl)ccc21. The predicted octanol–water partition coefficient (Wildman–Crippen LogP) is 3.73. The zero-order valence-electron chi connectivity index (χ0n) is 11.6. The quantitative estimate of drug-likeness (QED) is 0.803. The molecule has 0 bridgehead atoms. The van der Waals surface area contributed by atoms with Crippen LogP contribution in [0.4, 0.5) is 5.69 Å². The topological polar surface area (TPSA) is 46.6 Å². The van der Waals surface area contributed by atoms with Crippen LogP contribution in [0.15, 0.2) is 36.4 Å². The Hall–Kier alpha value is -2.04. The van der Waals surface area contributed by atoms with E-state index >= 15 is 0 Å². The van der Waals surface area contributed by atoms with Gasteiger partial charge in [-0.25, -0.2) is 0 Å². The number of benzene rings is 2. The first-order valence-corrected chi connectivity index (χ1v) is 7.25. The summed E-state index contributed by atoms with van der Waals surface area (Å²) in [5, 5.41) is 0.961. The van der Waals surface area contributed by atoms with Crippen LogP contribution in [0, 0.1) is 0 Å². The highest BCUT2D eigenvalue weighted by atomic mass is 35.5. The summed E-state index contributed by atoms with van der Waals surface area (Å²) < 4.78 is 5.28. The summed E-state index contributed by atoms with van der Waals surface area (Å²) in [5.74, 6) is -0.560. The average Bonchev–Trinajstić information content (AvgIpc) is 2.73. The largest absolute Gasteiger partial charge is 0.496 e. The number of carbonyl (C=O) groups excluding carboxylic acids is 2. The molecule has 0 aliphatic carbocycles. The lowest BCUT2D eigenvalue weighted by molar-refractivity contribution is -0.114. The summed E-state index contributed by atoms with van der Waals surface area (Å²) in [7, 11) is 1.53. The molecule has 0 fully saturated rings. The molecule has 6 heteroatoms. The van der Waals surface area contributed by atoms with Crippen molar-refractivity contribution in [1.82, 2.24) is 0 Å². The van der Waals surface area contributed by atoms with E-state index in [4.69, 9.17) is 27.9 Å². The van der Waals surface area contributed by atoms with E-state index in [-0.39, 0.29) is 6.54 Å². The molecule has 0 atom stereocenters. The maximum Gasteiger partial charge on any atom is 0.299 e. The van der Waals surface area contributed by atoms with Gasteiger partial charge in [-0.2, -0.15) is 0 Å². The highest BCUT2D eigenvalue weighted by molar-refractivity contribution is 6.52. The highest BCUT2D eigenvalue weighted by Crippen LogP contribution is 2.34. The number of Topliss-reactive ketones (excluding diaryl/α,β-unsaturated/α-hetero) is 1. The number of hydrogen-bond donors (Lipinski definition) is 0. The molecule has 0 N–H and O–H groups in total. The van der Waals surface area contributed by atoms with E-state index in [0.717, 1.165) is 5.56 Å². The van der Waals surface area contributed by atoms with Gasteiger partial charge in [0.1, 0.15) is 5.75 Å². The zero-order valence-corrected chi connectivity index (χ0v) is 13.1. The van der Waals surface area contributed by atoms with Gasteiger partial charge in [-0.1, -0.05) is 29.3 Å². The number of hydrogen-bond acceptors (Lipinski definition) is 3. The van der Waals surface area contributed by atoms with E-state index in [2.05, 4.69) is 0 Å². The molecule has 0 radical (unpaired) electrons. The Balaban J connectivity index is 2.00. The second kappa shape index (κ2) is 5.63. The Kier molecular flexibility index (Phi) is 3.81. The second-order valence-electron chi connectivity index (χ2n) is 4.84. The van der Waals surface area contributed by atoms with Crippen molar-refractivity contribution in [3.63, 3.8) is 0 Å². The number of ether oxygens (including phenoxy) is 1. The molecular weight excluding hydrogens is 325 g/mol. The van der Waals surface area contributed by atoms with Crippen molar-refractivity contribution in [1.29, 1.82) is 0 Å². The number of rotatable bonds is 3. The van der Waals surface area contributed by atoms with E-state index in [9.17, 15) is 9.59 Å². The summed E-state index contributed by atoms with van der Waals surface area (Å²) in [6.07, 6.45) is 0. The van der Waals surface area contributed by atoms with Gasteiger partial charge in [-0.15, -0.1) is 0 Å². The summed E-state index contributed by atoms with van der Waals surface area (Å²) in [6.45, 7) is 0.222. The molecule has 0 saturated heterocycles. The standard InChI is InChI=1S/C16H11Cl2NO3/c1-22-14-7-11(18)3-2-9(14)8-19-13-5-4-10(17)6-12(13)15(20)16(19)21/h2-7H,8H2,1H3. The van der Waals surface area contributed by atoms with Gasteiger partial charge in [0.15, 0.2) is 0 Å². The molecule has 112 valence electrons. The van der Waals surface area contributed by atoms with Gasteiger partial charge < -0.3 is 9.64 Å². The molecule has 22 heavy (non-hydrogen) atoms. The Morgan fingerprint density at radius 2 is 1.73 bits per heavy atom. The molecule has 1 aliphatic heterocycles. The third-order valence-corrected chi connectivity index (χ3v) is 3.98. The first-order chi connectivity index (χ1) is 10.5. The lowest BCUT2D eigenvalue weighted by Crippen LogP contribution is -2.29. The van der Waals surface area contributed by atoms with Crippen LogP contribution in [0.3, 0.4) is 0 Å². The number of carbonyl (C=O) groups is 2. The van der Waals surface area contributed by atoms with Gasteiger partial charge in [0.25, 0.3) is 11.7 Å². The van der Waals surface area contributed by atoms with Crippen LogP contribution in [0.1, 0.15) is 15.9 Å². The minimum absolute atomic E-state index is 0.222. The van der Waals surface area contributed by atoms with E-state index in [0.29, 0.717) is 27.0 Å². The van der Waals surface area contributed by atoms with Crippen LogP contribution in [-0.2, 0) is 11.3 Å². The number of nitrogens with zero attached hydrogens (tertiary/aromatic N) is 1. The van der Waals surface area contributed by atoms with Crippen LogP contribution < -0.4 is 9.64 Å². The highest BCUT2D eigenvalue weighted by Gasteiger charge is 2.36. The predicted molar refractivity (Wildman–Crippen MR) is 85.0 cm³/mol. The molecular formula is C16H11Cl2NO3. The second-order valence-corrected chi connectivity index (χ2v) is 5.71. The molecule has 2 aromatic rings. The Bertz CT molecular complexity index is 789. The Labute approximate surface area is 137 Å². The van der Waals surface area contributed by atoms with Crippen LogP contribution in [0.2, 0.25) is 10.0 Å². The third kappa shape index (κ3) is 2.45. The zero-order chi connectivity index (χ0) is 15.9. The molecule has 1 heterocycles. The summed E-state index contributed by atoms with van der Waals surface area (Å²) in [6, 6.07) is 9.98. The van der Waals surface area contributed by atoms with Gasteiger partial charge in [0.2, 0.25) is 0 Å². The molecule has 2 aromatic carbocycles. The number of methoxy groups -OCH3 is 1. The van der Waals surface area contributed by atoms with Crippen LogP contribution >= 0.6 is 23.2 Å². The van der Waals surface area contributed by atoms with E-state index in [1.165, 1.54) is 18.1 Å². The number of ketones is 1. The van der Waals surface area contributed by atoms with Gasteiger partial charge in [0, 0.05) is 15.6 Å². The average molecular weight is 336 g/mol. The van der Waals surface area contributed by atoms with Crippen molar-refractivity contribution >= 4 is 40.6 Å². The molecule has 3 rings (SSSR count). The van der Waals surface area contributed by atoms with Crippen molar-refractivity contribution in [3.8, 4) is 5.75 Å². The molecule has 0 saturated carbocycles. The van der Waals surface area contributed by atoms with E-state index in [1.807, 2.05) is 0 Å². The molecule has 0 spiro atoms. The van der Waals surface area contributed by atoms with Gasteiger partial charge in [0.05, 0.1) is 24.9 Å². The number of amides is 1. The first kappa shape index (κ1) is 14.9. The molecule has 4 nitrogen and oxygen atoms in total.